The second-order valence-electron chi connectivity index (χ2n) is 11.6. The lowest BCUT2D eigenvalue weighted by atomic mass is 9.81. The van der Waals surface area contributed by atoms with E-state index in [1.807, 2.05) is 48.5 Å². The van der Waals surface area contributed by atoms with E-state index >= 15 is 0 Å². The van der Waals surface area contributed by atoms with E-state index in [0.717, 1.165) is 6.42 Å². The van der Waals surface area contributed by atoms with Crippen molar-refractivity contribution in [2.24, 2.45) is 39.8 Å². The molecule has 6 unspecified atom stereocenters. The molecule has 3 saturated heterocycles. The van der Waals surface area contributed by atoms with Gasteiger partial charge in [0.2, 0.25) is 0 Å². The van der Waals surface area contributed by atoms with Gasteiger partial charge >= 0.3 is 5.97 Å². The maximum atomic E-state index is 13.0. The highest BCUT2D eigenvalue weighted by atomic mass is 16.7. The minimum atomic E-state index is -1.10. The Morgan fingerprint density at radius 2 is 1.32 bits per heavy atom. The topological polar surface area (TPSA) is 170 Å². The van der Waals surface area contributed by atoms with E-state index in [1.54, 1.807) is 0 Å². The Morgan fingerprint density at radius 1 is 0.725 bits per heavy atom. The van der Waals surface area contributed by atoms with Crippen LogP contribution in [-0.2, 0) is 33.2 Å². The lowest BCUT2D eigenvalue weighted by molar-refractivity contribution is -0.330. The molecule has 0 aromatic rings. The van der Waals surface area contributed by atoms with Crippen LogP contribution in [0, 0.1) is 29.6 Å². The van der Waals surface area contributed by atoms with Gasteiger partial charge in [0, 0.05) is 15.7 Å². The van der Waals surface area contributed by atoms with Crippen LogP contribution in [-0.4, -0.2) is 74.4 Å². The van der Waals surface area contributed by atoms with Gasteiger partial charge in [0.25, 0.3) is 0 Å². The molecule has 3 aliphatic heterocycles. The molecule has 0 aromatic carbocycles. The lowest BCUT2D eigenvalue weighted by Crippen LogP contribution is -2.60. The monoisotopic (exact) mass is 566 g/mol. The smallest absolute Gasteiger partial charge is 0.337 e. The van der Waals surface area contributed by atoms with Gasteiger partial charge in [0.05, 0.1) is 43.6 Å². The molecule has 3 fully saturated rings. The van der Waals surface area contributed by atoms with Crippen LogP contribution in [0.2, 0.25) is 0 Å². The summed E-state index contributed by atoms with van der Waals surface area (Å²) in [5.74, 6) is -0.989. The fraction of sp³-hybridized carbons (Fsp3) is 0.963. The zero-order chi connectivity index (χ0) is 29.7. The Kier molecular flexibility index (Phi) is 11.5. The van der Waals surface area contributed by atoms with Crippen LogP contribution in [0.4, 0.5) is 0 Å². The van der Waals surface area contributed by atoms with Gasteiger partial charge in [-0.25, -0.2) is 4.79 Å². The minimum Gasteiger partial charge on any atom is -0.467 e. The molecule has 0 aromatic heterocycles. The third-order valence-corrected chi connectivity index (χ3v) is 9.38. The van der Waals surface area contributed by atoms with Crippen LogP contribution in [0.25, 0.3) is 20.9 Å². The van der Waals surface area contributed by atoms with Crippen molar-refractivity contribution < 1.29 is 33.2 Å². The minimum absolute atomic E-state index is 0.00895. The number of carbonyl (C=O) groups is 1. The van der Waals surface area contributed by atoms with E-state index in [1.165, 1.54) is 7.11 Å². The van der Waals surface area contributed by atoms with Gasteiger partial charge < -0.3 is 28.4 Å². The average molecular weight is 567 g/mol. The maximum Gasteiger partial charge on any atom is 0.337 e. The fourth-order valence-corrected chi connectivity index (χ4v) is 6.40. The van der Waals surface area contributed by atoms with Crippen molar-refractivity contribution in [2.75, 3.05) is 7.11 Å². The van der Waals surface area contributed by atoms with Crippen molar-refractivity contribution >= 4 is 5.97 Å². The fourth-order valence-electron chi connectivity index (χ4n) is 6.40. The summed E-state index contributed by atoms with van der Waals surface area (Å²) in [6.45, 7) is 16.0. The maximum absolute atomic E-state index is 13.0. The summed E-state index contributed by atoms with van der Waals surface area (Å²) in [5.41, 5.74) is 18.4. The first-order valence-electron chi connectivity index (χ1n) is 14.5. The Labute approximate surface area is 236 Å². The molecule has 3 rings (SSSR count). The summed E-state index contributed by atoms with van der Waals surface area (Å²) in [5, 5.41) is 7.98. The molecule has 40 heavy (non-hydrogen) atoms. The summed E-state index contributed by atoms with van der Waals surface area (Å²) in [4.78, 5) is 19.1. The van der Waals surface area contributed by atoms with Crippen molar-refractivity contribution in [3.8, 4) is 0 Å². The predicted molar refractivity (Wildman–Crippen MR) is 146 cm³/mol. The van der Waals surface area contributed by atoms with Gasteiger partial charge in [-0.3, -0.25) is 0 Å². The molecule has 3 aliphatic rings. The number of hydrogen-bond acceptors (Lipinski definition) is 9. The van der Waals surface area contributed by atoms with Crippen LogP contribution in [0.15, 0.2) is 10.2 Å². The van der Waals surface area contributed by atoms with Gasteiger partial charge in [0.15, 0.2) is 18.7 Å². The summed E-state index contributed by atoms with van der Waals surface area (Å²) < 4.78 is 36.9. The van der Waals surface area contributed by atoms with Crippen molar-refractivity contribution in [3.05, 3.63) is 20.9 Å². The lowest BCUT2D eigenvalue weighted by Gasteiger charge is -2.50. The number of azide groups is 2. The van der Waals surface area contributed by atoms with E-state index in [2.05, 4.69) is 27.0 Å². The highest BCUT2D eigenvalue weighted by Crippen LogP contribution is 2.41. The second kappa shape index (κ2) is 14.2. The van der Waals surface area contributed by atoms with Crippen LogP contribution >= 0.6 is 0 Å². The standard InChI is InChI=1S/C27H46N6O7/c1-10-18-12(3)13(4)21(31-33-29)27(37-18)39-23-14(5)15(6)26(40-24(23)25(34)35-9)38-22-16(7)20(30-32-28)17(8)36-19(22)11-2/h12-24,26-27H,10-11H2,1-9H3/t12-,13-,14+,15?,16+,17-,18?,19?,20?,21?,22-,23-,24?,26+,27+/m0/s1. The number of esters is 1. The molecule has 13 heteroatoms. The second-order valence-corrected chi connectivity index (χ2v) is 11.6. The number of carbonyl (C=O) groups excluding carboxylic acids is 1. The molecule has 0 bridgehead atoms. The molecular weight excluding hydrogens is 520 g/mol. The van der Waals surface area contributed by atoms with Crippen molar-refractivity contribution in [2.45, 2.75) is 130 Å². The van der Waals surface area contributed by atoms with Crippen molar-refractivity contribution in [1.82, 2.24) is 0 Å². The van der Waals surface area contributed by atoms with Gasteiger partial charge in [-0.05, 0) is 54.5 Å². The molecule has 13 nitrogen and oxygen atoms in total. The molecule has 226 valence electrons. The normalized spacial score (nSPS) is 45.6. The highest BCUT2D eigenvalue weighted by molar-refractivity contribution is 5.75. The molecule has 0 aliphatic carbocycles. The van der Waals surface area contributed by atoms with Gasteiger partial charge in [-0.2, -0.15) is 0 Å². The molecule has 3 heterocycles. The number of hydrogen-bond donors (Lipinski definition) is 0. The third-order valence-electron chi connectivity index (χ3n) is 9.38. The van der Waals surface area contributed by atoms with Crippen molar-refractivity contribution in [3.63, 3.8) is 0 Å². The number of rotatable bonds is 9. The summed E-state index contributed by atoms with van der Waals surface area (Å²) in [6.07, 6.45) is -2.98. The van der Waals surface area contributed by atoms with Gasteiger partial charge in [-0.15, -0.1) is 0 Å². The first kappa shape index (κ1) is 32.4. The number of nitrogens with zero attached hydrogens (tertiary/aromatic N) is 6. The molecule has 15 atom stereocenters. The Morgan fingerprint density at radius 3 is 1.90 bits per heavy atom. The first-order chi connectivity index (χ1) is 19.0. The quantitative estimate of drug-likeness (QED) is 0.153. The molecule has 0 saturated carbocycles. The molecule has 0 radical (unpaired) electrons. The summed E-state index contributed by atoms with van der Waals surface area (Å²) in [6, 6.07) is -0.971. The Bertz CT molecular complexity index is 960. The summed E-state index contributed by atoms with van der Waals surface area (Å²) in [7, 11) is 1.30. The number of methoxy groups -OCH3 is 1. The van der Waals surface area contributed by atoms with Crippen LogP contribution < -0.4 is 0 Å². The van der Waals surface area contributed by atoms with Gasteiger partial charge in [0.1, 0.15) is 6.10 Å². The zero-order valence-corrected chi connectivity index (χ0v) is 25.1. The van der Waals surface area contributed by atoms with E-state index in [-0.39, 0.29) is 47.9 Å². The van der Waals surface area contributed by atoms with E-state index < -0.39 is 48.9 Å². The first-order valence-corrected chi connectivity index (χ1v) is 14.5. The van der Waals surface area contributed by atoms with E-state index in [0.29, 0.717) is 6.42 Å². The van der Waals surface area contributed by atoms with Crippen molar-refractivity contribution in [1.29, 1.82) is 0 Å². The largest absolute Gasteiger partial charge is 0.467 e. The highest BCUT2D eigenvalue weighted by Gasteiger charge is 2.52. The van der Waals surface area contributed by atoms with Crippen LogP contribution in [0.3, 0.4) is 0 Å². The van der Waals surface area contributed by atoms with Crippen LogP contribution in [0.5, 0.6) is 0 Å². The third kappa shape index (κ3) is 6.51. The molecule has 0 amide bonds. The molecular formula is C27H46N6O7. The van der Waals surface area contributed by atoms with Gasteiger partial charge in [-0.1, -0.05) is 58.7 Å². The Hall–Kier alpha value is -2.11. The van der Waals surface area contributed by atoms with E-state index in [9.17, 15) is 10.3 Å². The molecule has 0 spiro atoms. The SMILES string of the molecule is CCC1O[C@H](O[C@@H]2C(C(=O)OC)O[C@@H](O[C@@H]3C(CC)O[C@@H](C)C(N=[N+]=[N-])[C@H]3C)C(C)[C@H]2C)C(N=[N+]=[N-])[C@@H](C)[C@@H]1C. The number of ether oxygens (including phenoxy) is 6. The average Bonchev–Trinajstić information content (AvgIpc) is 2.94. The summed E-state index contributed by atoms with van der Waals surface area (Å²) >= 11 is 0. The van der Waals surface area contributed by atoms with Crippen LogP contribution in [0.1, 0.15) is 68.2 Å². The zero-order valence-electron chi connectivity index (χ0n) is 25.1. The molecule has 0 N–H and O–H groups in total. The Balaban J connectivity index is 1.87. The predicted octanol–water partition coefficient (Wildman–Crippen LogP) is 5.53. The van der Waals surface area contributed by atoms with E-state index in [4.69, 9.17) is 34.0 Å².